The highest BCUT2D eigenvalue weighted by Crippen LogP contribution is 2.56. The molecule has 0 aromatic heterocycles. The first-order chi connectivity index (χ1) is 19.1. The summed E-state index contributed by atoms with van der Waals surface area (Å²) >= 11 is 0. The maximum absolute atomic E-state index is 13.8. The van der Waals surface area contributed by atoms with Gasteiger partial charge in [0.15, 0.2) is 17.3 Å². The third-order valence-corrected chi connectivity index (χ3v) is 7.74. The third kappa shape index (κ3) is 4.15. The average Bonchev–Trinajstić information content (AvgIpc) is 3.23. The average molecular weight is 542 g/mol. The highest BCUT2D eigenvalue weighted by Gasteiger charge is 2.58. The number of fused-ring (bicyclic) bond motifs is 4. The summed E-state index contributed by atoms with van der Waals surface area (Å²) in [6.07, 6.45) is 1.87. The van der Waals surface area contributed by atoms with E-state index in [4.69, 9.17) is 14.2 Å². The minimum absolute atomic E-state index is 0.0588. The van der Waals surface area contributed by atoms with Crippen molar-refractivity contribution in [1.29, 1.82) is 0 Å². The molecule has 2 atom stereocenters. The Hall–Kier alpha value is -4.46. The van der Waals surface area contributed by atoms with Crippen LogP contribution in [0.5, 0.6) is 17.2 Å². The van der Waals surface area contributed by atoms with E-state index in [2.05, 4.69) is 5.32 Å². The second kappa shape index (κ2) is 10.3. The van der Waals surface area contributed by atoms with Crippen molar-refractivity contribution in [3.63, 3.8) is 0 Å². The molecule has 1 unspecified atom stereocenters. The van der Waals surface area contributed by atoms with Crippen LogP contribution >= 0.6 is 0 Å². The number of methoxy groups -OCH3 is 1. The van der Waals surface area contributed by atoms with Gasteiger partial charge in [0.1, 0.15) is 39.9 Å². The number of hydrogen-bond acceptors (Lipinski definition) is 7. The highest BCUT2D eigenvalue weighted by atomic mass is 16.5. The molecule has 0 saturated carbocycles. The van der Waals surface area contributed by atoms with E-state index in [1.807, 2.05) is 50.2 Å². The van der Waals surface area contributed by atoms with Gasteiger partial charge in [-0.05, 0) is 49.1 Å². The summed E-state index contributed by atoms with van der Waals surface area (Å²) in [6, 6.07) is 13.6. The second-order valence-corrected chi connectivity index (χ2v) is 10.3. The zero-order valence-electron chi connectivity index (χ0n) is 23.2. The van der Waals surface area contributed by atoms with Crippen LogP contribution in [-0.2, 0) is 26.3 Å². The van der Waals surface area contributed by atoms with E-state index < -0.39 is 34.6 Å². The molecule has 8 nitrogen and oxygen atoms in total. The van der Waals surface area contributed by atoms with Gasteiger partial charge >= 0.3 is 0 Å². The monoisotopic (exact) mass is 541 g/mol. The van der Waals surface area contributed by atoms with Gasteiger partial charge in [0.05, 0.1) is 19.3 Å². The van der Waals surface area contributed by atoms with Crippen LogP contribution < -0.4 is 19.5 Å². The Kier molecular flexibility index (Phi) is 6.96. The quantitative estimate of drug-likeness (QED) is 0.410. The molecule has 0 fully saturated rings. The summed E-state index contributed by atoms with van der Waals surface area (Å²) in [5, 5.41) is 5.08. The van der Waals surface area contributed by atoms with Gasteiger partial charge in [-0.15, -0.1) is 0 Å². The number of ketones is 3. The number of benzene rings is 3. The first-order valence-corrected chi connectivity index (χ1v) is 13.3. The van der Waals surface area contributed by atoms with E-state index >= 15 is 0 Å². The number of carbonyl (C=O) groups is 4. The Bertz CT molecular complexity index is 1620. The number of allylic oxidation sites excluding steroid dienone is 2. The molecule has 8 heteroatoms. The second-order valence-electron chi connectivity index (χ2n) is 10.3. The van der Waals surface area contributed by atoms with Gasteiger partial charge in [0, 0.05) is 18.7 Å². The molecule has 1 amide bonds. The standard InChI is InChI=1S/C32H31NO7/c1-6-13-39-24-15-23(38-5)27(31(37)33-16-21-17(2)11-12-19-9-7-8-10-20(19)21)29-28(24)32(4)25(40-29)14-22(35)26(18(3)34)30(32)36/h7-12,14-15,26H,6,13,16H2,1-5H3,(H,33,37)/t26?,32-/m1/s1. The number of amides is 1. The summed E-state index contributed by atoms with van der Waals surface area (Å²) in [5.74, 6) is -3.09. The molecular formula is C32H31NO7. The predicted molar refractivity (Wildman–Crippen MR) is 149 cm³/mol. The lowest BCUT2D eigenvalue weighted by molar-refractivity contribution is -0.140. The molecule has 40 heavy (non-hydrogen) atoms. The van der Waals surface area contributed by atoms with E-state index in [1.54, 1.807) is 13.0 Å². The molecule has 2 aliphatic rings. The SMILES string of the molecule is CCCOc1cc(OC)c(C(=O)NCc2c(C)ccc3ccccc23)c2c1[C@]1(C)C(=O)C(C(C)=O)C(=O)C=C1O2. The normalized spacial score (nSPS) is 19.4. The van der Waals surface area contributed by atoms with Gasteiger partial charge in [-0.25, -0.2) is 0 Å². The van der Waals surface area contributed by atoms with E-state index in [0.717, 1.165) is 21.9 Å². The van der Waals surface area contributed by atoms with Crippen LogP contribution in [0.3, 0.4) is 0 Å². The molecule has 0 bridgehead atoms. The first kappa shape index (κ1) is 27.1. The van der Waals surface area contributed by atoms with Gasteiger partial charge in [-0.3, -0.25) is 19.2 Å². The molecule has 3 aromatic carbocycles. The van der Waals surface area contributed by atoms with Crippen LogP contribution in [-0.4, -0.2) is 37.0 Å². The predicted octanol–water partition coefficient (Wildman–Crippen LogP) is 4.77. The first-order valence-electron chi connectivity index (χ1n) is 13.3. The summed E-state index contributed by atoms with van der Waals surface area (Å²) in [4.78, 5) is 52.6. The minimum atomic E-state index is -1.49. The number of Topliss-reactive ketones (excluding diaryl/α,β-unsaturated/α-hetero) is 2. The molecule has 206 valence electrons. The molecule has 0 spiro atoms. The number of aryl methyl sites for hydroxylation is 1. The van der Waals surface area contributed by atoms with Crippen LogP contribution in [0.25, 0.3) is 10.8 Å². The Morgan fingerprint density at radius 1 is 1.10 bits per heavy atom. The van der Waals surface area contributed by atoms with Crippen molar-refractivity contribution in [2.75, 3.05) is 13.7 Å². The van der Waals surface area contributed by atoms with Crippen LogP contribution in [0.2, 0.25) is 0 Å². The maximum Gasteiger partial charge on any atom is 0.259 e. The lowest BCUT2D eigenvalue weighted by Crippen LogP contribution is -2.47. The molecule has 1 aliphatic carbocycles. The smallest absolute Gasteiger partial charge is 0.259 e. The zero-order chi connectivity index (χ0) is 28.8. The van der Waals surface area contributed by atoms with Crippen molar-refractivity contribution in [3.05, 3.63) is 76.6 Å². The number of carbonyl (C=O) groups excluding carboxylic acids is 4. The van der Waals surface area contributed by atoms with E-state index in [1.165, 1.54) is 20.1 Å². The highest BCUT2D eigenvalue weighted by molar-refractivity contribution is 6.27. The molecule has 3 aromatic rings. The van der Waals surface area contributed by atoms with E-state index in [-0.39, 0.29) is 29.4 Å². The molecule has 0 radical (unpaired) electrons. The molecular weight excluding hydrogens is 510 g/mol. The van der Waals surface area contributed by atoms with Crippen molar-refractivity contribution in [2.45, 2.75) is 46.1 Å². The largest absolute Gasteiger partial charge is 0.496 e. The Morgan fingerprint density at radius 3 is 2.55 bits per heavy atom. The van der Waals surface area contributed by atoms with Crippen molar-refractivity contribution in [1.82, 2.24) is 5.32 Å². The topological polar surface area (TPSA) is 108 Å². The summed E-state index contributed by atoms with van der Waals surface area (Å²) in [5.41, 5.74) is 0.896. The number of rotatable bonds is 8. The van der Waals surface area contributed by atoms with Crippen LogP contribution in [0, 0.1) is 12.8 Å². The maximum atomic E-state index is 13.8. The van der Waals surface area contributed by atoms with E-state index in [0.29, 0.717) is 24.3 Å². The van der Waals surface area contributed by atoms with Crippen molar-refractivity contribution in [2.24, 2.45) is 5.92 Å². The Labute approximate surface area is 232 Å². The number of nitrogens with one attached hydrogen (secondary N) is 1. The summed E-state index contributed by atoms with van der Waals surface area (Å²) < 4.78 is 17.7. The fourth-order valence-corrected chi connectivity index (χ4v) is 5.60. The summed E-state index contributed by atoms with van der Waals surface area (Å²) in [7, 11) is 1.43. The molecule has 1 aliphatic heterocycles. The van der Waals surface area contributed by atoms with Gasteiger partial charge < -0.3 is 19.5 Å². The van der Waals surface area contributed by atoms with Crippen molar-refractivity contribution >= 4 is 34.0 Å². The van der Waals surface area contributed by atoms with Crippen LogP contribution in [0.1, 0.15) is 54.2 Å². The number of ether oxygens (including phenoxy) is 3. The van der Waals surface area contributed by atoms with Gasteiger partial charge in [0.2, 0.25) is 0 Å². The molecule has 5 rings (SSSR count). The van der Waals surface area contributed by atoms with Crippen LogP contribution in [0.15, 0.2) is 54.3 Å². The Morgan fingerprint density at radius 2 is 1.85 bits per heavy atom. The van der Waals surface area contributed by atoms with Gasteiger partial charge in [0.25, 0.3) is 5.91 Å². The van der Waals surface area contributed by atoms with Gasteiger partial charge in [-0.2, -0.15) is 0 Å². The van der Waals surface area contributed by atoms with Crippen molar-refractivity contribution in [3.8, 4) is 17.2 Å². The summed E-state index contributed by atoms with van der Waals surface area (Å²) in [6.45, 7) is 7.31. The van der Waals surface area contributed by atoms with Crippen LogP contribution in [0.4, 0.5) is 0 Å². The minimum Gasteiger partial charge on any atom is -0.496 e. The lowest BCUT2D eigenvalue weighted by Gasteiger charge is -2.30. The third-order valence-electron chi connectivity index (χ3n) is 7.74. The molecule has 0 saturated heterocycles. The van der Waals surface area contributed by atoms with Gasteiger partial charge in [-0.1, -0.05) is 43.3 Å². The molecule has 1 heterocycles. The van der Waals surface area contributed by atoms with E-state index in [9.17, 15) is 19.2 Å². The fraction of sp³-hybridized carbons (Fsp3) is 0.312. The molecule has 1 N–H and O–H groups in total. The van der Waals surface area contributed by atoms with Crippen molar-refractivity contribution < 1.29 is 33.4 Å². The Balaban J connectivity index is 1.63. The zero-order valence-corrected chi connectivity index (χ0v) is 23.2. The fourth-order valence-electron chi connectivity index (χ4n) is 5.60. The lowest BCUT2D eigenvalue weighted by atomic mass is 9.67. The number of hydrogen-bond donors (Lipinski definition) is 1.